The Kier molecular flexibility index (Phi) is 4.06. The Morgan fingerprint density at radius 3 is 2.65 bits per heavy atom. The number of carbonyl (C=O) groups excluding carboxylic acids is 1. The van der Waals surface area contributed by atoms with E-state index in [0.29, 0.717) is 33.7 Å². The fourth-order valence-corrected chi connectivity index (χ4v) is 3.93. The second kappa shape index (κ2) is 6.38. The van der Waals surface area contributed by atoms with Crippen molar-refractivity contribution >= 4 is 11.6 Å². The molecule has 1 amide bonds. The number of H-pyrrole nitrogens is 1. The normalized spacial score (nSPS) is 17.6. The van der Waals surface area contributed by atoms with E-state index in [2.05, 4.69) is 20.1 Å². The molecule has 162 valence electrons. The predicted octanol–water partition coefficient (Wildman–Crippen LogP) is 2.39. The second-order valence-corrected chi connectivity index (χ2v) is 8.44. The minimum atomic E-state index is -4.64. The van der Waals surface area contributed by atoms with Crippen molar-refractivity contribution in [3.63, 3.8) is 0 Å². The fourth-order valence-electron chi connectivity index (χ4n) is 3.93. The Labute approximate surface area is 174 Å². The number of amides is 1. The van der Waals surface area contributed by atoms with Gasteiger partial charge in [-0.2, -0.15) is 18.3 Å². The van der Waals surface area contributed by atoms with Crippen LogP contribution >= 0.6 is 0 Å². The molecule has 0 bridgehead atoms. The van der Waals surface area contributed by atoms with Crippen molar-refractivity contribution in [2.45, 2.75) is 51.2 Å². The topological polar surface area (TPSA) is 96.2 Å². The molecule has 31 heavy (non-hydrogen) atoms. The minimum absolute atomic E-state index is 0.0101. The van der Waals surface area contributed by atoms with Crippen LogP contribution in [0.5, 0.6) is 0 Å². The molecule has 0 radical (unpaired) electrons. The number of fused-ring (bicyclic) bond motifs is 2. The average Bonchev–Trinajstić information content (AvgIpc) is 3.30. The maximum absolute atomic E-state index is 13.7. The highest BCUT2D eigenvalue weighted by Gasteiger charge is 2.44. The molecule has 0 unspecified atom stereocenters. The molecule has 5 rings (SSSR count). The molecule has 1 saturated carbocycles. The summed E-state index contributed by atoms with van der Waals surface area (Å²) in [5.41, 5.74) is -0.323. The zero-order chi connectivity index (χ0) is 22.1. The zero-order valence-electron chi connectivity index (χ0n) is 16.9. The van der Waals surface area contributed by atoms with Crippen LogP contribution in [0.1, 0.15) is 58.7 Å². The Hall–Kier alpha value is -3.24. The van der Waals surface area contributed by atoms with Gasteiger partial charge in [-0.1, -0.05) is 6.92 Å². The highest BCUT2D eigenvalue weighted by atomic mass is 19.4. The van der Waals surface area contributed by atoms with Gasteiger partial charge < -0.3 is 9.88 Å². The third-order valence-corrected chi connectivity index (χ3v) is 6.03. The summed E-state index contributed by atoms with van der Waals surface area (Å²) in [6.07, 6.45) is -2.79. The fraction of sp³-hybridized carbons (Fsp3) is 0.450. The van der Waals surface area contributed by atoms with Gasteiger partial charge in [0.05, 0.1) is 17.9 Å². The predicted molar refractivity (Wildman–Crippen MR) is 103 cm³/mol. The number of hydrogen-bond donors (Lipinski definition) is 1. The summed E-state index contributed by atoms with van der Waals surface area (Å²) in [5.74, 6) is -0.0888. The summed E-state index contributed by atoms with van der Waals surface area (Å²) < 4.78 is 41.8. The molecule has 1 aliphatic heterocycles. The first-order valence-electron chi connectivity index (χ1n) is 9.92. The van der Waals surface area contributed by atoms with E-state index in [1.807, 2.05) is 6.92 Å². The molecule has 0 atom stereocenters. The highest BCUT2D eigenvalue weighted by molar-refractivity contribution is 5.93. The molecule has 1 aliphatic carbocycles. The maximum atomic E-state index is 13.7. The van der Waals surface area contributed by atoms with Gasteiger partial charge in [0, 0.05) is 23.6 Å². The second-order valence-electron chi connectivity index (χ2n) is 8.44. The van der Waals surface area contributed by atoms with Crippen LogP contribution in [0.15, 0.2) is 16.9 Å². The van der Waals surface area contributed by atoms with Gasteiger partial charge in [-0.15, -0.1) is 0 Å². The van der Waals surface area contributed by atoms with Crippen LogP contribution in [0.25, 0.3) is 5.65 Å². The SMILES string of the molecule is Cc1nc2c(c(=O)[nH]1)CCN(C(=O)c1cc3nc(C4(C)CC4)cc(C(F)(F)F)n3n1)C2. The number of rotatable bonds is 2. The Balaban J connectivity index is 1.53. The van der Waals surface area contributed by atoms with Crippen molar-refractivity contribution in [1.29, 1.82) is 0 Å². The van der Waals surface area contributed by atoms with Gasteiger partial charge in [0.1, 0.15) is 11.5 Å². The lowest BCUT2D eigenvalue weighted by molar-refractivity contribution is -0.142. The molecule has 2 aliphatic rings. The number of aromatic amines is 1. The van der Waals surface area contributed by atoms with Gasteiger partial charge in [0.25, 0.3) is 11.5 Å². The van der Waals surface area contributed by atoms with E-state index >= 15 is 0 Å². The maximum Gasteiger partial charge on any atom is 0.433 e. The third kappa shape index (κ3) is 3.28. The Bertz CT molecular complexity index is 1290. The average molecular weight is 432 g/mol. The van der Waals surface area contributed by atoms with Crippen molar-refractivity contribution in [1.82, 2.24) is 29.5 Å². The van der Waals surface area contributed by atoms with Gasteiger partial charge in [0.2, 0.25) is 0 Å². The van der Waals surface area contributed by atoms with Gasteiger partial charge in [-0.05, 0) is 32.3 Å². The lowest BCUT2D eigenvalue weighted by Crippen LogP contribution is -2.39. The molecule has 8 nitrogen and oxygen atoms in total. The van der Waals surface area contributed by atoms with Crippen LogP contribution < -0.4 is 5.56 Å². The molecular weight excluding hydrogens is 413 g/mol. The highest BCUT2D eigenvalue weighted by Crippen LogP contribution is 2.47. The number of aryl methyl sites for hydroxylation is 1. The molecule has 1 N–H and O–H groups in total. The standard InChI is InChI=1S/C20H19F3N6O2/c1-10-24-13-9-28(6-3-11(13)17(30)25-10)18(31)12-7-16-26-14(19(2)4-5-19)8-15(20(21,22)23)29(16)27-12/h7-8H,3-6,9H2,1-2H3,(H,24,25,30). The molecule has 3 aromatic heterocycles. The van der Waals surface area contributed by atoms with Gasteiger partial charge in [-0.3, -0.25) is 9.59 Å². The number of carbonyl (C=O) groups is 1. The van der Waals surface area contributed by atoms with Crippen LogP contribution in [0.2, 0.25) is 0 Å². The van der Waals surface area contributed by atoms with E-state index in [0.717, 1.165) is 18.9 Å². The lowest BCUT2D eigenvalue weighted by atomic mass is 10.0. The first-order valence-corrected chi connectivity index (χ1v) is 9.92. The number of nitrogens with one attached hydrogen (secondary N) is 1. The van der Waals surface area contributed by atoms with E-state index < -0.39 is 17.8 Å². The van der Waals surface area contributed by atoms with Crippen LogP contribution in [-0.2, 0) is 24.6 Å². The molecule has 0 saturated heterocycles. The van der Waals surface area contributed by atoms with E-state index in [4.69, 9.17) is 0 Å². The number of nitrogens with zero attached hydrogens (tertiary/aromatic N) is 5. The summed E-state index contributed by atoms with van der Waals surface area (Å²) >= 11 is 0. The quantitative estimate of drug-likeness (QED) is 0.671. The van der Waals surface area contributed by atoms with Gasteiger partial charge in [0.15, 0.2) is 11.3 Å². The minimum Gasteiger partial charge on any atom is -0.331 e. The Morgan fingerprint density at radius 2 is 1.97 bits per heavy atom. The van der Waals surface area contributed by atoms with Crippen molar-refractivity contribution in [2.24, 2.45) is 0 Å². The van der Waals surface area contributed by atoms with Gasteiger partial charge >= 0.3 is 6.18 Å². The van der Waals surface area contributed by atoms with E-state index in [1.54, 1.807) is 6.92 Å². The number of alkyl halides is 3. The van der Waals surface area contributed by atoms with E-state index in [9.17, 15) is 22.8 Å². The van der Waals surface area contributed by atoms with Crippen LogP contribution in [0, 0.1) is 6.92 Å². The van der Waals surface area contributed by atoms with Crippen molar-refractivity contribution < 1.29 is 18.0 Å². The molecule has 11 heteroatoms. The number of halogens is 3. The van der Waals surface area contributed by atoms with Crippen LogP contribution in [-0.4, -0.2) is 41.9 Å². The van der Waals surface area contributed by atoms with E-state index in [-0.39, 0.29) is 35.4 Å². The third-order valence-electron chi connectivity index (χ3n) is 6.03. The molecule has 1 fully saturated rings. The largest absolute Gasteiger partial charge is 0.433 e. The Morgan fingerprint density at radius 1 is 1.23 bits per heavy atom. The number of hydrogen-bond acceptors (Lipinski definition) is 5. The summed E-state index contributed by atoms with van der Waals surface area (Å²) in [4.78, 5) is 37.8. The molecule has 3 aromatic rings. The first-order chi connectivity index (χ1) is 14.5. The smallest absolute Gasteiger partial charge is 0.331 e. The zero-order valence-corrected chi connectivity index (χ0v) is 16.9. The van der Waals surface area contributed by atoms with Gasteiger partial charge in [-0.25, -0.2) is 14.5 Å². The van der Waals surface area contributed by atoms with Crippen molar-refractivity contribution in [3.8, 4) is 0 Å². The van der Waals surface area contributed by atoms with Crippen LogP contribution in [0.4, 0.5) is 13.2 Å². The molecular formula is C20H19F3N6O2. The van der Waals surface area contributed by atoms with Crippen molar-refractivity contribution in [3.05, 3.63) is 56.7 Å². The summed E-state index contributed by atoms with van der Waals surface area (Å²) in [7, 11) is 0. The summed E-state index contributed by atoms with van der Waals surface area (Å²) in [6, 6.07) is 2.32. The molecule has 4 heterocycles. The number of aromatic nitrogens is 5. The first kappa shape index (κ1) is 19.7. The summed E-state index contributed by atoms with van der Waals surface area (Å²) in [6.45, 7) is 3.86. The van der Waals surface area contributed by atoms with Crippen molar-refractivity contribution in [2.75, 3.05) is 6.54 Å². The monoisotopic (exact) mass is 432 g/mol. The van der Waals surface area contributed by atoms with E-state index in [1.165, 1.54) is 11.0 Å². The van der Waals surface area contributed by atoms with Crippen LogP contribution in [0.3, 0.4) is 0 Å². The molecule has 0 aromatic carbocycles. The lowest BCUT2D eigenvalue weighted by Gasteiger charge is -2.27. The summed E-state index contributed by atoms with van der Waals surface area (Å²) in [5, 5.41) is 3.94. The molecule has 0 spiro atoms.